The second-order valence-corrected chi connectivity index (χ2v) is 8.45. The van der Waals surface area contributed by atoms with Gasteiger partial charge >= 0.3 is 11.8 Å². The molecule has 2 aromatic carbocycles. The smallest absolute Gasteiger partial charge is 0.329 e. The second-order valence-electron chi connectivity index (χ2n) is 6.72. The first-order chi connectivity index (χ1) is 14.9. The van der Waals surface area contributed by atoms with Gasteiger partial charge in [-0.3, -0.25) is 9.59 Å². The fourth-order valence-corrected chi connectivity index (χ4v) is 3.76. The monoisotopic (exact) mass is 527 g/mol. The molecule has 3 rings (SSSR count). The number of hydrazone groups is 1. The molecule has 0 spiro atoms. The van der Waals surface area contributed by atoms with Crippen molar-refractivity contribution in [2.75, 3.05) is 13.2 Å². The van der Waals surface area contributed by atoms with Gasteiger partial charge in [-0.2, -0.15) is 5.10 Å². The average Bonchev–Trinajstić information content (AvgIpc) is 3.26. The summed E-state index contributed by atoms with van der Waals surface area (Å²) in [5.41, 5.74) is 3.45. The molecule has 164 valence electrons. The molecule has 0 unspecified atom stereocenters. The Morgan fingerprint density at radius 2 is 2.00 bits per heavy atom. The zero-order valence-electron chi connectivity index (χ0n) is 16.4. The van der Waals surface area contributed by atoms with Gasteiger partial charge in [-0.1, -0.05) is 45.2 Å². The first kappa shape index (κ1) is 23.5. The Morgan fingerprint density at radius 1 is 1.23 bits per heavy atom. The van der Waals surface area contributed by atoms with Crippen LogP contribution in [0.15, 0.2) is 46.0 Å². The van der Waals surface area contributed by atoms with Gasteiger partial charge in [0.1, 0.15) is 12.4 Å². The lowest BCUT2D eigenvalue weighted by Gasteiger charge is -2.12. The summed E-state index contributed by atoms with van der Waals surface area (Å²) < 4.78 is 12.0. The standard InChI is InChI=1S/C21H20BrCl2N3O4/c22-14-6-7-19(31-12-16-17(23)4-1-5-18(16)24)13(9-14)10-26-27-21(29)20(28)25-11-15-3-2-8-30-15/h1,4-7,9-10,15H,2-3,8,11-12H2,(H,25,28)(H,27,29)/b26-10-/t15-/m0/s1. The van der Waals surface area contributed by atoms with Gasteiger partial charge in [0.05, 0.1) is 12.3 Å². The van der Waals surface area contributed by atoms with Crippen LogP contribution in [0, 0.1) is 0 Å². The van der Waals surface area contributed by atoms with E-state index in [0.717, 1.165) is 17.3 Å². The summed E-state index contributed by atoms with van der Waals surface area (Å²) in [7, 11) is 0. The molecular formula is C21H20BrCl2N3O4. The van der Waals surface area contributed by atoms with Crippen LogP contribution in [0.3, 0.4) is 0 Å². The van der Waals surface area contributed by atoms with Gasteiger partial charge in [-0.25, -0.2) is 5.43 Å². The number of amides is 2. The van der Waals surface area contributed by atoms with Crippen LogP contribution in [0.1, 0.15) is 24.0 Å². The van der Waals surface area contributed by atoms with Crippen LogP contribution >= 0.6 is 39.1 Å². The van der Waals surface area contributed by atoms with E-state index >= 15 is 0 Å². The molecule has 2 N–H and O–H groups in total. The third-order valence-electron chi connectivity index (χ3n) is 4.50. The Balaban J connectivity index is 1.58. The van der Waals surface area contributed by atoms with Crippen molar-refractivity contribution in [3.05, 3.63) is 62.0 Å². The van der Waals surface area contributed by atoms with Crippen molar-refractivity contribution in [2.24, 2.45) is 5.10 Å². The molecule has 1 heterocycles. The van der Waals surface area contributed by atoms with Crippen molar-refractivity contribution in [3.63, 3.8) is 0 Å². The lowest BCUT2D eigenvalue weighted by molar-refractivity contribution is -0.139. The van der Waals surface area contributed by atoms with E-state index < -0.39 is 11.8 Å². The maximum absolute atomic E-state index is 11.9. The van der Waals surface area contributed by atoms with E-state index in [0.29, 0.717) is 40.1 Å². The normalized spacial score (nSPS) is 15.8. The number of rotatable bonds is 7. The Morgan fingerprint density at radius 3 is 2.71 bits per heavy atom. The molecule has 1 saturated heterocycles. The van der Waals surface area contributed by atoms with Crippen LogP contribution < -0.4 is 15.5 Å². The van der Waals surface area contributed by atoms with E-state index in [-0.39, 0.29) is 12.7 Å². The van der Waals surface area contributed by atoms with Gasteiger partial charge in [-0.05, 0) is 43.2 Å². The predicted octanol–water partition coefficient (Wildman–Crippen LogP) is 4.08. The molecule has 0 radical (unpaired) electrons. The fraction of sp³-hybridized carbons (Fsp3) is 0.286. The highest BCUT2D eigenvalue weighted by molar-refractivity contribution is 9.10. The Bertz CT molecular complexity index is 961. The van der Waals surface area contributed by atoms with E-state index in [2.05, 4.69) is 31.8 Å². The number of benzene rings is 2. The molecule has 2 aromatic rings. The van der Waals surface area contributed by atoms with Gasteiger partial charge in [0.25, 0.3) is 0 Å². The number of nitrogens with zero attached hydrogens (tertiary/aromatic N) is 1. The van der Waals surface area contributed by atoms with Gasteiger partial charge in [0, 0.05) is 38.8 Å². The van der Waals surface area contributed by atoms with Crippen molar-refractivity contribution < 1.29 is 19.1 Å². The fourth-order valence-electron chi connectivity index (χ4n) is 2.88. The minimum atomic E-state index is -0.866. The number of ether oxygens (including phenoxy) is 2. The molecule has 31 heavy (non-hydrogen) atoms. The van der Waals surface area contributed by atoms with Crippen molar-refractivity contribution in [1.82, 2.24) is 10.7 Å². The lowest BCUT2D eigenvalue weighted by Crippen LogP contribution is -2.41. The molecule has 0 bridgehead atoms. The number of hydrogen-bond acceptors (Lipinski definition) is 5. The average molecular weight is 529 g/mol. The topological polar surface area (TPSA) is 89.0 Å². The summed E-state index contributed by atoms with van der Waals surface area (Å²) >= 11 is 15.8. The highest BCUT2D eigenvalue weighted by Gasteiger charge is 2.19. The molecule has 0 aliphatic carbocycles. The Kier molecular flexibility index (Phi) is 8.71. The first-order valence-corrected chi connectivity index (χ1v) is 11.1. The van der Waals surface area contributed by atoms with Gasteiger partial charge < -0.3 is 14.8 Å². The highest BCUT2D eigenvalue weighted by atomic mass is 79.9. The van der Waals surface area contributed by atoms with E-state index in [4.69, 9.17) is 32.7 Å². The van der Waals surface area contributed by atoms with Crippen LogP contribution in [0.4, 0.5) is 0 Å². The number of halogens is 3. The SMILES string of the molecule is O=C(NC[C@@H]1CCCO1)C(=O)N/N=C\c1cc(Br)ccc1OCc1c(Cl)cccc1Cl. The van der Waals surface area contributed by atoms with Gasteiger partial charge in [-0.15, -0.1) is 0 Å². The molecular weight excluding hydrogens is 509 g/mol. The maximum atomic E-state index is 11.9. The molecule has 7 nitrogen and oxygen atoms in total. The van der Waals surface area contributed by atoms with Crippen LogP contribution in [0.25, 0.3) is 0 Å². The maximum Gasteiger partial charge on any atom is 0.329 e. The molecule has 1 fully saturated rings. The van der Waals surface area contributed by atoms with Crippen LogP contribution in [0.2, 0.25) is 10.0 Å². The molecule has 0 aromatic heterocycles. The largest absolute Gasteiger partial charge is 0.488 e. The first-order valence-electron chi connectivity index (χ1n) is 9.52. The van der Waals surface area contributed by atoms with Crippen molar-refractivity contribution in [3.8, 4) is 5.75 Å². The van der Waals surface area contributed by atoms with Crippen LogP contribution in [-0.4, -0.2) is 37.3 Å². The number of carbonyl (C=O) groups excluding carboxylic acids is 2. The summed E-state index contributed by atoms with van der Waals surface area (Å²) in [5, 5.41) is 7.40. The van der Waals surface area contributed by atoms with Crippen molar-refractivity contribution in [1.29, 1.82) is 0 Å². The number of nitrogens with one attached hydrogen (secondary N) is 2. The van der Waals surface area contributed by atoms with Gasteiger partial charge in [0.15, 0.2) is 0 Å². The Labute approximate surface area is 198 Å². The molecule has 1 atom stereocenters. The Hall–Kier alpha value is -2.13. The molecule has 0 saturated carbocycles. The molecule has 2 amide bonds. The summed E-state index contributed by atoms with van der Waals surface area (Å²) in [6, 6.07) is 10.5. The van der Waals surface area contributed by atoms with Gasteiger partial charge in [0.2, 0.25) is 0 Å². The van der Waals surface area contributed by atoms with Crippen molar-refractivity contribution in [2.45, 2.75) is 25.6 Å². The lowest BCUT2D eigenvalue weighted by atomic mass is 10.2. The zero-order valence-corrected chi connectivity index (χ0v) is 19.5. The molecule has 1 aliphatic rings. The predicted molar refractivity (Wildman–Crippen MR) is 123 cm³/mol. The quantitative estimate of drug-likeness (QED) is 0.322. The minimum absolute atomic E-state index is 0.0479. The highest BCUT2D eigenvalue weighted by Crippen LogP contribution is 2.28. The number of carbonyl (C=O) groups is 2. The number of hydrogen-bond donors (Lipinski definition) is 2. The second kappa shape index (κ2) is 11.5. The van der Waals surface area contributed by atoms with Crippen LogP contribution in [-0.2, 0) is 20.9 Å². The van der Waals surface area contributed by atoms with E-state index in [9.17, 15) is 9.59 Å². The third-order valence-corrected chi connectivity index (χ3v) is 5.70. The summed E-state index contributed by atoms with van der Waals surface area (Å²) in [5.74, 6) is -1.14. The van der Waals surface area contributed by atoms with Crippen molar-refractivity contribution >= 4 is 57.2 Å². The summed E-state index contributed by atoms with van der Waals surface area (Å²) in [6.45, 7) is 1.12. The summed E-state index contributed by atoms with van der Waals surface area (Å²) in [6.07, 6.45) is 3.16. The minimum Gasteiger partial charge on any atom is -0.488 e. The molecule has 1 aliphatic heterocycles. The zero-order chi connectivity index (χ0) is 22.2. The van der Waals surface area contributed by atoms with Crippen LogP contribution in [0.5, 0.6) is 5.75 Å². The summed E-state index contributed by atoms with van der Waals surface area (Å²) in [4.78, 5) is 23.8. The third kappa shape index (κ3) is 6.93. The van der Waals surface area contributed by atoms with E-state index in [1.807, 2.05) is 0 Å². The van der Waals surface area contributed by atoms with E-state index in [1.54, 1.807) is 36.4 Å². The van der Waals surface area contributed by atoms with E-state index in [1.165, 1.54) is 6.21 Å². The molecule has 10 heteroatoms.